The predicted molar refractivity (Wildman–Crippen MR) is 65.1 cm³/mol. The molecule has 0 spiro atoms. The first kappa shape index (κ1) is 12.9. The van der Waals surface area contributed by atoms with Gasteiger partial charge in [0.2, 0.25) is 0 Å². The van der Waals surface area contributed by atoms with Gasteiger partial charge in [-0.05, 0) is 23.1 Å². The Bertz CT molecular complexity index is 375. The summed E-state index contributed by atoms with van der Waals surface area (Å²) < 4.78 is 15.8. The number of benzene rings is 1. The molecule has 0 aliphatic rings. The van der Waals surface area contributed by atoms with Gasteiger partial charge >= 0.3 is 6.07 Å². The van der Waals surface area contributed by atoms with E-state index in [1.165, 1.54) is 0 Å². The van der Waals surface area contributed by atoms with Gasteiger partial charge in [-0.3, -0.25) is 0 Å². The maximum atomic E-state index is 11.0. The number of halogens is 2. The Kier molecular flexibility index (Phi) is 3.76. The third-order valence-electron chi connectivity index (χ3n) is 1.93. The fourth-order valence-electron chi connectivity index (χ4n) is 1.14. The van der Waals surface area contributed by atoms with Gasteiger partial charge in [-0.25, -0.2) is 4.57 Å². The van der Waals surface area contributed by atoms with Crippen LogP contribution in [0.3, 0.4) is 0 Å². The number of hydrogen-bond acceptors (Lipinski definition) is 2. The molecule has 0 aromatic heterocycles. The van der Waals surface area contributed by atoms with Gasteiger partial charge in [-0.2, -0.15) is 0 Å². The van der Waals surface area contributed by atoms with Crippen molar-refractivity contribution in [2.45, 2.75) is 26.2 Å². The van der Waals surface area contributed by atoms with E-state index in [1.807, 2.05) is 12.1 Å². The summed E-state index contributed by atoms with van der Waals surface area (Å²) in [5.41, 5.74) is 1.23. The minimum Gasteiger partial charge on any atom is -0.422 e. The van der Waals surface area contributed by atoms with Crippen molar-refractivity contribution in [2.75, 3.05) is 0 Å². The molecule has 0 unspecified atom stereocenters. The van der Waals surface area contributed by atoms with Crippen LogP contribution in [0.1, 0.15) is 26.3 Å². The first-order chi connectivity index (χ1) is 6.68. The van der Waals surface area contributed by atoms with E-state index in [1.54, 1.807) is 12.1 Å². The van der Waals surface area contributed by atoms with E-state index in [0.29, 0.717) is 5.75 Å². The summed E-state index contributed by atoms with van der Waals surface area (Å²) in [6, 6.07) is 7.22. The average Bonchev–Trinajstić information content (AvgIpc) is 2.00. The van der Waals surface area contributed by atoms with E-state index < -0.39 is 6.07 Å². The fraction of sp³-hybridized carbons (Fsp3) is 0.400. The van der Waals surface area contributed by atoms with Crippen molar-refractivity contribution in [1.82, 2.24) is 0 Å². The van der Waals surface area contributed by atoms with Gasteiger partial charge in [0.15, 0.2) is 0 Å². The van der Waals surface area contributed by atoms with Crippen LogP contribution in [0.15, 0.2) is 24.3 Å². The summed E-state index contributed by atoms with van der Waals surface area (Å²) in [6.07, 6.45) is -3.50. The highest BCUT2D eigenvalue weighted by Gasteiger charge is 2.17. The van der Waals surface area contributed by atoms with Crippen molar-refractivity contribution in [2.24, 2.45) is 0 Å². The monoisotopic (exact) mass is 266 g/mol. The minimum absolute atomic E-state index is 0.0736. The van der Waals surface area contributed by atoms with E-state index >= 15 is 0 Å². The molecule has 15 heavy (non-hydrogen) atoms. The van der Waals surface area contributed by atoms with Gasteiger partial charge in [0.25, 0.3) is 0 Å². The van der Waals surface area contributed by atoms with Crippen LogP contribution < -0.4 is 4.52 Å². The molecule has 5 heteroatoms. The SMILES string of the molecule is CC(C)(C)c1ccc(OP(=O)(Cl)Cl)cc1. The van der Waals surface area contributed by atoms with Gasteiger partial charge in [-0.1, -0.05) is 32.9 Å². The summed E-state index contributed by atoms with van der Waals surface area (Å²) in [4.78, 5) is 0. The first-order valence-electron chi connectivity index (χ1n) is 4.48. The van der Waals surface area contributed by atoms with Crippen LogP contribution >= 0.6 is 28.6 Å². The van der Waals surface area contributed by atoms with Crippen LogP contribution in [0.2, 0.25) is 0 Å². The zero-order valence-electron chi connectivity index (χ0n) is 8.83. The van der Waals surface area contributed by atoms with Crippen molar-refractivity contribution in [3.05, 3.63) is 29.8 Å². The van der Waals surface area contributed by atoms with Crippen molar-refractivity contribution in [3.8, 4) is 5.75 Å². The maximum absolute atomic E-state index is 11.0. The predicted octanol–water partition coefficient (Wildman–Crippen LogP) is 4.95. The summed E-state index contributed by atoms with van der Waals surface area (Å²) in [7, 11) is 0. The zero-order valence-corrected chi connectivity index (χ0v) is 11.2. The van der Waals surface area contributed by atoms with Gasteiger partial charge in [0, 0.05) is 22.5 Å². The van der Waals surface area contributed by atoms with Gasteiger partial charge in [-0.15, -0.1) is 0 Å². The van der Waals surface area contributed by atoms with Crippen LogP contribution in [-0.4, -0.2) is 0 Å². The smallest absolute Gasteiger partial charge is 0.422 e. The highest BCUT2D eigenvalue weighted by molar-refractivity contribution is 8.05. The van der Waals surface area contributed by atoms with Crippen LogP contribution in [0.25, 0.3) is 0 Å². The molecule has 0 aliphatic heterocycles. The largest absolute Gasteiger partial charge is 0.428 e. The standard InChI is InChI=1S/C10H13Cl2O2P/c1-10(2,3)8-4-6-9(7-5-8)14-15(11,12)13/h4-7H,1-3H3. The third-order valence-corrected chi connectivity index (χ3v) is 2.77. The van der Waals surface area contributed by atoms with E-state index in [-0.39, 0.29) is 5.41 Å². The van der Waals surface area contributed by atoms with Crippen LogP contribution in [0, 0.1) is 0 Å². The summed E-state index contributed by atoms with van der Waals surface area (Å²) in [6.45, 7) is 6.32. The minimum atomic E-state index is -3.50. The van der Waals surface area contributed by atoms with Crippen molar-refractivity contribution >= 4 is 28.6 Å². The van der Waals surface area contributed by atoms with E-state index in [9.17, 15) is 4.57 Å². The Hall–Kier alpha value is -0.170. The summed E-state index contributed by atoms with van der Waals surface area (Å²) in [5.74, 6) is 0.413. The van der Waals surface area contributed by atoms with Gasteiger partial charge in [0.1, 0.15) is 5.75 Å². The van der Waals surface area contributed by atoms with E-state index in [2.05, 4.69) is 20.8 Å². The van der Waals surface area contributed by atoms with Crippen LogP contribution in [-0.2, 0) is 9.98 Å². The van der Waals surface area contributed by atoms with Gasteiger partial charge in [0.05, 0.1) is 0 Å². The molecule has 0 saturated carbocycles. The molecule has 0 amide bonds. The average molecular weight is 267 g/mol. The summed E-state index contributed by atoms with van der Waals surface area (Å²) >= 11 is 10.6. The first-order valence-corrected chi connectivity index (χ1v) is 7.91. The van der Waals surface area contributed by atoms with Crippen molar-refractivity contribution in [3.63, 3.8) is 0 Å². The second kappa shape index (κ2) is 4.37. The lowest BCUT2D eigenvalue weighted by atomic mass is 9.87. The molecule has 84 valence electrons. The van der Waals surface area contributed by atoms with Crippen molar-refractivity contribution in [1.29, 1.82) is 0 Å². The molecule has 1 aromatic rings. The second-order valence-corrected chi connectivity index (χ2v) is 8.48. The molecule has 0 fully saturated rings. The molecule has 0 saturated heterocycles. The third kappa shape index (κ3) is 4.46. The highest BCUT2D eigenvalue weighted by atomic mass is 35.9. The molecule has 0 N–H and O–H groups in total. The molecule has 0 aliphatic carbocycles. The molecular weight excluding hydrogens is 254 g/mol. The van der Waals surface area contributed by atoms with Crippen LogP contribution in [0.4, 0.5) is 0 Å². The Balaban J connectivity index is 2.87. The second-order valence-electron chi connectivity index (χ2n) is 4.28. The highest BCUT2D eigenvalue weighted by Crippen LogP contribution is 2.57. The Morgan fingerprint density at radius 1 is 1.13 bits per heavy atom. The quantitative estimate of drug-likeness (QED) is 0.708. The topological polar surface area (TPSA) is 26.3 Å². The summed E-state index contributed by atoms with van der Waals surface area (Å²) in [5, 5.41) is 0. The molecule has 0 bridgehead atoms. The van der Waals surface area contributed by atoms with Crippen molar-refractivity contribution < 1.29 is 9.09 Å². The van der Waals surface area contributed by atoms with E-state index in [0.717, 1.165) is 5.56 Å². The number of rotatable bonds is 2. The Labute approximate surface area is 99.6 Å². The van der Waals surface area contributed by atoms with Gasteiger partial charge < -0.3 is 4.52 Å². The molecule has 0 heterocycles. The molecular formula is C10H13Cl2O2P. The number of hydrogen-bond donors (Lipinski definition) is 0. The fourth-order valence-corrected chi connectivity index (χ4v) is 1.98. The lowest BCUT2D eigenvalue weighted by Crippen LogP contribution is -2.10. The Morgan fingerprint density at radius 3 is 1.93 bits per heavy atom. The lowest BCUT2D eigenvalue weighted by Gasteiger charge is -2.19. The molecule has 1 aromatic carbocycles. The lowest BCUT2D eigenvalue weighted by molar-refractivity contribution is 0.512. The normalized spacial score (nSPS) is 12.6. The molecule has 0 atom stereocenters. The molecule has 0 radical (unpaired) electrons. The molecule has 2 nitrogen and oxygen atoms in total. The zero-order chi connectivity index (χ0) is 11.7. The van der Waals surface area contributed by atoms with E-state index in [4.69, 9.17) is 27.0 Å². The van der Waals surface area contributed by atoms with Crippen LogP contribution in [0.5, 0.6) is 5.75 Å². The Morgan fingerprint density at radius 2 is 1.60 bits per heavy atom. The molecule has 1 rings (SSSR count). The maximum Gasteiger partial charge on any atom is 0.428 e.